The van der Waals surface area contributed by atoms with Gasteiger partial charge in [-0.15, -0.1) is 11.3 Å². The van der Waals surface area contributed by atoms with E-state index in [9.17, 15) is 5.26 Å². The molecule has 33 heavy (non-hydrogen) atoms. The maximum atomic E-state index is 9.84. The standard InChI is InChI=1S/C24H27N5O2SSi/c1-33(2,3)12-11-30-16-28-21(19-14-27-29-9-6-10-31-24(19)29)20(22-23(28)26-15-32-22)18-8-5-4-7-17(18)13-25/h4-5,7-8,14-15H,6,9-12,16H2,1-3H3. The van der Waals surface area contributed by atoms with Gasteiger partial charge in [0.25, 0.3) is 0 Å². The number of rotatable bonds is 7. The van der Waals surface area contributed by atoms with Crippen molar-refractivity contribution in [1.82, 2.24) is 19.3 Å². The van der Waals surface area contributed by atoms with Gasteiger partial charge < -0.3 is 9.47 Å². The van der Waals surface area contributed by atoms with Gasteiger partial charge in [0, 0.05) is 38.8 Å². The molecule has 7 nitrogen and oxygen atoms in total. The molecule has 0 saturated carbocycles. The van der Waals surface area contributed by atoms with Crippen molar-refractivity contribution in [2.24, 2.45) is 0 Å². The molecule has 0 amide bonds. The van der Waals surface area contributed by atoms with Crippen LogP contribution in [0.15, 0.2) is 36.0 Å². The normalized spacial score (nSPS) is 13.6. The lowest BCUT2D eigenvalue weighted by Gasteiger charge is -2.19. The van der Waals surface area contributed by atoms with E-state index < -0.39 is 8.07 Å². The molecule has 4 heterocycles. The van der Waals surface area contributed by atoms with Crippen LogP contribution < -0.4 is 4.74 Å². The summed E-state index contributed by atoms with van der Waals surface area (Å²) in [4.78, 5) is 4.69. The molecule has 0 unspecified atom stereocenters. The number of benzene rings is 1. The van der Waals surface area contributed by atoms with Crippen LogP contribution in [0, 0.1) is 11.3 Å². The number of nitriles is 1. The van der Waals surface area contributed by atoms with Crippen LogP contribution in [0.3, 0.4) is 0 Å². The molecule has 0 aliphatic carbocycles. The van der Waals surface area contributed by atoms with Crippen LogP contribution in [0.4, 0.5) is 0 Å². The summed E-state index contributed by atoms with van der Waals surface area (Å²) < 4.78 is 17.3. The Kier molecular flexibility index (Phi) is 5.82. The van der Waals surface area contributed by atoms with Gasteiger partial charge in [0.2, 0.25) is 5.88 Å². The number of hydrogen-bond acceptors (Lipinski definition) is 6. The summed E-state index contributed by atoms with van der Waals surface area (Å²) >= 11 is 1.58. The van der Waals surface area contributed by atoms with Crippen molar-refractivity contribution in [1.29, 1.82) is 5.26 Å². The van der Waals surface area contributed by atoms with Crippen LogP contribution in [0.5, 0.6) is 5.88 Å². The van der Waals surface area contributed by atoms with E-state index >= 15 is 0 Å². The number of fused-ring (bicyclic) bond motifs is 2. The largest absolute Gasteiger partial charge is 0.477 e. The lowest BCUT2D eigenvalue weighted by atomic mass is 9.98. The summed E-state index contributed by atoms with van der Waals surface area (Å²) in [6, 6.07) is 11.2. The minimum Gasteiger partial charge on any atom is -0.477 e. The molecule has 0 N–H and O–H groups in total. The Hall–Kier alpha value is -2.93. The predicted molar refractivity (Wildman–Crippen MR) is 133 cm³/mol. The summed E-state index contributed by atoms with van der Waals surface area (Å²) in [6.45, 7) is 9.66. The Morgan fingerprint density at radius 3 is 2.91 bits per heavy atom. The molecular weight excluding hydrogens is 450 g/mol. The van der Waals surface area contributed by atoms with Gasteiger partial charge in [0.15, 0.2) is 5.65 Å². The Morgan fingerprint density at radius 2 is 2.09 bits per heavy atom. The molecule has 0 radical (unpaired) electrons. The zero-order chi connectivity index (χ0) is 23.0. The van der Waals surface area contributed by atoms with Crippen molar-refractivity contribution < 1.29 is 9.47 Å². The van der Waals surface area contributed by atoms with E-state index in [1.54, 1.807) is 11.3 Å². The number of hydrogen-bond donors (Lipinski definition) is 0. The first-order valence-electron chi connectivity index (χ1n) is 11.2. The van der Waals surface area contributed by atoms with E-state index in [1.165, 1.54) is 0 Å². The molecule has 0 atom stereocenters. The molecule has 0 bridgehead atoms. The molecule has 9 heteroatoms. The summed E-state index contributed by atoms with van der Waals surface area (Å²) in [6.07, 6.45) is 2.81. The summed E-state index contributed by atoms with van der Waals surface area (Å²) in [5.41, 5.74) is 7.09. The molecule has 3 aromatic heterocycles. The highest BCUT2D eigenvalue weighted by Gasteiger charge is 2.29. The van der Waals surface area contributed by atoms with Crippen molar-refractivity contribution in [3.05, 3.63) is 41.5 Å². The average Bonchev–Trinajstić information content (AvgIpc) is 3.50. The Morgan fingerprint density at radius 1 is 1.24 bits per heavy atom. The van der Waals surface area contributed by atoms with Crippen LogP contribution in [0.1, 0.15) is 12.0 Å². The Labute approximate surface area is 198 Å². The van der Waals surface area contributed by atoms with E-state index in [2.05, 4.69) is 40.4 Å². The van der Waals surface area contributed by atoms with Crippen molar-refractivity contribution in [2.45, 2.75) is 45.4 Å². The van der Waals surface area contributed by atoms with Gasteiger partial charge in [-0.1, -0.05) is 37.8 Å². The van der Waals surface area contributed by atoms with E-state index in [1.807, 2.05) is 40.7 Å². The van der Waals surface area contributed by atoms with Crippen LogP contribution in [0.25, 0.3) is 32.7 Å². The molecule has 0 saturated heterocycles. The maximum absolute atomic E-state index is 9.84. The fourth-order valence-electron chi connectivity index (χ4n) is 4.17. The smallest absolute Gasteiger partial charge is 0.221 e. The molecule has 1 aliphatic rings. The highest BCUT2D eigenvalue weighted by atomic mass is 32.1. The Bertz CT molecular complexity index is 1340. The van der Waals surface area contributed by atoms with E-state index in [-0.39, 0.29) is 0 Å². The fraction of sp³-hybridized carbons (Fsp3) is 0.375. The second kappa shape index (κ2) is 8.78. The minimum absolute atomic E-state index is 0.388. The molecule has 0 fully saturated rings. The van der Waals surface area contributed by atoms with E-state index in [0.29, 0.717) is 25.5 Å². The quantitative estimate of drug-likeness (QED) is 0.256. The highest BCUT2D eigenvalue weighted by Crippen LogP contribution is 2.46. The van der Waals surface area contributed by atoms with Crippen LogP contribution in [0.2, 0.25) is 25.7 Å². The predicted octanol–water partition coefficient (Wildman–Crippen LogP) is 5.59. The van der Waals surface area contributed by atoms with Gasteiger partial charge in [-0.2, -0.15) is 10.4 Å². The third kappa shape index (κ3) is 4.10. The lowest BCUT2D eigenvalue weighted by Crippen LogP contribution is -2.22. The van der Waals surface area contributed by atoms with Crippen LogP contribution >= 0.6 is 11.3 Å². The summed E-state index contributed by atoms with van der Waals surface area (Å²) in [5.74, 6) is 0.769. The van der Waals surface area contributed by atoms with Crippen molar-refractivity contribution >= 4 is 29.8 Å². The van der Waals surface area contributed by atoms with Crippen molar-refractivity contribution in [3.8, 4) is 34.3 Å². The number of ether oxygens (including phenoxy) is 2. The summed E-state index contributed by atoms with van der Waals surface area (Å²) in [7, 11) is -1.20. The average molecular weight is 478 g/mol. The first kappa shape index (κ1) is 21.9. The van der Waals surface area contributed by atoms with Gasteiger partial charge in [-0.05, 0) is 12.1 Å². The third-order valence-corrected chi connectivity index (χ3v) is 8.41. The molecule has 170 valence electrons. The number of thiazole rings is 1. The van der Waals surface area contributed by atoms with Crippen molar-refractivity contribution in [3.63, 3.8) is 0 Å². The first-order chi connectivity index (χ1) is 16.0. The van der Waals surface area contributed by atoms with Gasteiger partial charge in [0.05, 0.1) is 45.9 Å². The molecule has 1 aromatic carbocycles. The SMILES string of the molecule is C[Si](C)(C)CCOCn1c(-c2cnn3c2OCCC3)c(-c2ccccc2C#N)c2scnc21. The molecule has 0 spiro atoms. The Balaban J connectivity index is 1.69. The van der Waals surface area contributed by atoms with E-state index in [0.717, 1.165) is 57.6 Å². The first-order valence-corrected chi connectivity index (χ1v) is 15.8. The van der Waals surface area contributed by atoms with Gasteiger partial charge >= 0.3 is 0 Å². The molecular formula is C24H27N5O2SSi. The minimum atomic E-state index is -1.20. The topological polar surface area (TPSA) is 77.9 Å². The molecule has 1 aliphatic heterocycles. The maximum Gasteiger partial charge on any atom is 0.221 e. The number of aromatic nitrogens is 4. The van der Waals surface area contributed by atoms with Gasteiger partial charge in [-0.25, -0.2) is 9.67 Å². The zero-order valence-electron chi connectivity index (χ0n) is 19.2. The van der Waals surface area contributed by atoms with E-state index in [4.69, 9.17) is 9.47 Å². The van der Waals surface area contributed by atoms with Crippen molar-refractivity contribution in [2.75, 3.05) is 13.2 Å². The number of aryl methyl sites for hydroxylation is 1. The second-order valence-electron chi connectivity index (χ2n) is 9.45. The number of nitrogens with zero attached hydrogens (tertiary/aromatic N) is 5. The highest BCUT2D eigenvalue weighted by molar-refractivity contribution is 7.17. The molecule has 4 aromatic rings. The second-order valence-corrected chi connectivity index (χ2v) is 15.9. The molecule has 5 rings (SSSR count). The third-order valence-electron chi connectivity index (χ3n) is 5.87. The van der Waals surface area contributed by atoms with Gasteiger partial charge in [-0.3, -0.25) is 4.57 Å². The van der Waals surface area contributed by atoms with Gasteiger partial charge in [0.1, 0.15) is 6.73 Å². The summed E-state index contributed by atoms with van der Waals surface area (Å²) in [5, 5.41) is 14.4. The van der Waals surface area contributed by atoms with Crippen LogP contribution in [-0.4, -0.2) is 40.6 Å². The lowest BCUT2D eigenvalue weighted by molar-refractivity contribution is 0.0909. The zero-order valence-corrected chi connectivity index (χ0v) is 21.0. The monoisotopic (exact) mass is 477 g/mol. The van der Waals surface area contributed by atoms with Crippen LogP contribution in [-0.2, 0) is 18.0 Å². The fourth-order valence-corrected chi connectivity index (χ4v) is 5.78.